The number of nitrogens with two attached hydrogens (primary N) is 1. The largest absolute Gasteiger partial charge is 0.473 e. The number of ether oxygens (including phenoxy) is 1. The zero-order valence-electron chi connectivity index (χ0n) is 10.1. The predicted octanol–water partition coefficient (Wildman–Crippen LogP) is 2.93. The first kappa shape index (κ1) is 11.2. The van der Waals surface area contributed by atoms with Crippen LogP contribution in [0.4, 0.5) is 5.69 Å². The number of aryl methyl sites for hydroxylation is 1. The summed E-state index contributed by atoms with van der Waals surface area (Å²) in [6.07, 6.45) is 6.90. The van der Waals surface area contributed by atoms with Crippen LogP contribution >= 0.6 is 0 Å². The average molecular weight is 220 g/mol. The highest BCUT2D eigenvalue weighted by atomic mass is 16.5. The quantitative estimate of drug-likeness (QED) is 0.833. The summed E-state index contributed by atoms with van der Waals surface area (Å²) in [5, 5.41) is 0. The molecular weight excluding hydrogens is 200 g/mol. The van der Waals surface area contributed by atoms with Crippen molar-refractivity contribution in [2.24, 2.45) is 5.92 Å². The Morgan fingerprint density at radius 2 is 2.25 bits per heavy atom. The van der Waals surface area contributed by atoms with Crippen LogP contribution in [0, 0.1) is 12.8 Å². The Balaban J connectivity index is 2.02. The topological polar surface area (TPSA) is 48.1 Å². The lowest BCUT2D eigenvalue weighted by Gasteiger charge is -2.27. The van der Waals surface area contributed by atoms with E-state index >= 15 is 0 Å². The number of pyridine rings is 1. The molecule has 1 aliphatic carbocycles. The van der Waals surface area contributed by atoms with Crippen molar-refractivity contribution in [1.29, 1.82) is 0 Å². The Morgan fingerprint density at radius 3 is 2.94 bits per heavy atom. The van der Waals surface area contributed by atoms with E-state index in [-0.39, 0.29) is 0 Å². The third-order valence-electron chi connectivity index (χ3n) is 3.18. The number of hydrogen-bond acceptors (Lipinski definition) is 3. The van der Waals surface area contributed by atoms with E-state index < -0.39 is 0 Å². The molecule has 1 aromatic heterocycles. The fourth-order valence-electron chi connectivity index (χ4n) is 2.32. The van der Waals surface area contributed by atoms with Crippen molar-refractivity contribution in [3.63, 3.8) is 0 Å². The molecule has 1 saturated carbocycles. The molecule has 16 heavy (non-hydrogen) atoms. The maximum absolute atomic E-state index is 5.89. The van der Waals surface area contributed by atoms with Gasteiger partial charge in [-0.3, -0.25) is 0 Å². The molecule has 2 rings (SSSR count). The number of rotatable bonds is 2. The van der Waals surface area contributed by atoms with Gasteiger partial charge in [-0.25, -0.2) is 4.98 Å². The fraction of sp³-hybridized carbons (Fsp3) is 0.615. The van der Waals surface area contributed by atoms with Crippen LogP contribution in [-0.2, 0) is 0 Å². The molecule has 0 saturated heterocycles. The molecule has 3 heteroatoms. The van der Waals surface area contributed by atoms with Gasteiger partial charge in [-0.2, -0.15) is 0 Å². The first-order valence-corrected chi connectivity index (χ1v) is 6.04. The molecule has 2 N–H and O–H groups in total. The molecule has 88 valence electrons. The van der Waals surface area contributed by atoms with E-state index in [2.05, 4.69) is 11.9 Å². The zero-order chi connectivity index (χ0) is 11.5. The first-order chi connectivity index (χ1) is 7.65. The predicted molar refractivity (Wildman–Crippen MR) is 65.4 cm³/mol. The van der Waals surface area contributed by atoms with E-state index in [1.807, 2.05) is 13.0 Å². The highest BCUT2D eigenvalue weighted by Crippen LogP contribution is 2.28. The second-order valence-corrected chi connectivity index (χ2v) is 4.92. The lowest BCUT2D eigenvalue weighted by Crippen LogP contribution is -2.24. The van der Waals surface area contributed by atoms with Crippen molar-refractivity contribution in [1.82, 2.24) is 4.98 Å². The van der Waals surface area contributed by atoms with Crippen LogP contribution in [0.3, 0.4) is 0 Å². The van der Waals surface area contributed by atoms with E-state index in [0.717, 1.165) is 24.3 Å². The third-order valence-corrected chi connectivity index (χ3v) is 3.18. The van der Waals surface area contributed by atoms with Gasteiger partial charge in [0.05, 0.1) is 5.69 Å². The van der Waals surface area contributed by atoms with Gasteiger partial charge < -0.3 is 10.5 Å². The van der Waals surface area contributed by atoms with Crippen molar-refractivity contribution in [2.45, 2.75) is 45.6 Å². The van der Waals surface area contributed by atoms with Crippen LogP contribution in [0.5, 0.6) is 5.88 Å². The highest BCUT2D eigenvalue weighted by Gasteiger charge is 2.21. The van der Waals surface area contributed by atoms with Gasteiger partial charge in [0.1, 0.15) is 6.10 Å². The first-order valence-electron chi connectivity index (χ1n) is 6.04. The average Bonchev–Trinajstić information content (AvgIpc) is 2.22. The van der Waals surface area contributed by atoms with Gasteiger partial charge in [-0.15, -0.1) is 0 Å². The van der Waals surface area contributed by atoms with Crippen LogP contribution in [0.2, 0.25) is 0 Å². The molecule has 1 aromatic rings. The smallest absolute Gasteiger partial charge is 0.237 e. The molecule has 0 aromatic carbocycles. The standard InChI is InChI=1S/C13H20N2O/c1-9-4-3-5-11(6-9)16-13-12(14)7-10(2)8-15-13/h7-9,11H,3-6,14H2,1-2H3. The summed E-state index contributed by atoms with van der Waals surface area (Å²) < 4.78 is 5.88. The number of nitrogens with zero attached hydrogens (tertiary/aromatic N) is 1. The van der Waals surface area contributed by atoms with Crippen molar-refractivity contribution >= 4 is 5.69 Å². The summed E-state index contributed by atoms with van der Waals surface area (Å²) in [5.74, 6) is 1.36. The minimum atomic E-state index is 0.293. The molecule has 3 nitrogen and oxygen atoms in total. The lowest BCUT2D eigenvalue weighted by molar-refractivity contribution is 0.125. The van der Waals surface area contributed by atoms with Crippen molar-refractivity contribution in [3.8, 4) is 5.88 Å². The molecule has 2 atom stereocenters. The molecule has 1 fully saturated rings. The number of anilines is 1. The Kier molecular flexibility index (Phi) is 3.32. The maximum atomic E-state index is 5.89. The molecule has 0 amide bonds. The molecule has 1 aliphatic rings. The summed E-state index contributed by atoms with van der Waals surface area (Å²) >= 11 is 0. The summed E-state index contributed by atoms with van der Waals surface area (Å²) in [6.45, 7) is 4.26. The molecule has 0 radical (unpaired) electrons. The van der Waals surface area contributed by atoms with Gasteiger partial charge >= 0.3 is 0 Å². The highest BCUT2D eigenvalue weighted by molar-refractivity contribution is 5.49. The second-order valence-electron chi connectivity index (χ2n) is 4.92. The minimum Gasteiger partial charge on any atom is -0.473 e. The van der Waals surface area contributed by atoms with Crippen LogP contribution in [0.25, 0.3) is 0 Å². The maximum Gasteiger partial charge on any atom is 0.237 e. The summed E-state index contributed by atoms with van der Waals surface area (Å²) in [7, 11) is 0. The summed E-state index contributed by atoms with van der Waals surface area (Å²) in [6, 6.07) is 1.91. The van der Waals surface area contributed by atoms with E-state index in [4.69, 9.17) is 10.5 Å². The van der Waals surface area contributed by atoms with Gasteiger partial charge in [-0.05, 0) is 43.7 Å². The molecule has 0 aliphatic heterocycles. The SMILES string of the molecule is Cc1cnc(OC2CCCC(C)C2)c(N)c1. The van der Waals surface area contributed by atoms with Gasteiger partial charge in [0.15, 0.2) is 0 Å². The second kappa shape index (κ2) is 4.73. The molecule has 0 spiro atoms. The molecule has 2 unspecified atom stereocenters. The van der Waals surface area contributed by atoms with Gasteiger partial charge in [0.2, 0.25) is 5.88 Å². The van der Waals surface area contributed by atoms with Crippen molar-refractivity contribution in [3.05, 3.63) is 17.8 Å². The van der Waals surface area contributed by atoms with E-state index in [0.29, 0.717) is 17.7 Å². The van der Waals surface area contributed by atoms with Crippen molar-refractivity contribution in [2.75, 3.05) is 5.73 Å². The summed E-state index contributed by atoms with van der Waals surface area (Å²) in [5.41, 5.74) is 7.61. The van der Waals surface area contributed by atoms with Crippen LogP contribution in [0.15, 0.2) is 12.3 Å². The van der Waals surface area contributed by atoms with Crippen LogP contribution < -0.4 is 10.5 Å². The normalized spacial score (nSPS) is 25.4. The molecule has 1 heterocycles. The number of hydrogen-bond donors (Lipinski definition) is 1. The summed E-state index contributed by atoms with van der Waals surface area (Å²) in [4.78, 5) is 4.25. The van der Waals surface area contributed by atoms with E-state index in [9.17, 15) is 0 Å². The van der Waals surface area contributed by atoms with Crippen molar-refractivity contribution < 1.29 is 4.74 Å². The fourth-order valence-corrected chi connectivity index (χ4v) is 2.32. The Labute approximate surface area is 97.0 Å². The van der Waals surface area contributed by atoms with E-state index in [1.54, 1.807) is 6.20 Å². The zero-order valence-corrected chi connectivity index (χ0v) is 10.1. The Bertz CT molecular complexity index is 365. The van der Waals surface area contributed by atoms with E-state index in [1.165, 1.54) is 12.8 Å². The minimum absolute atomic E-state index is 0.293. The van der Waals surface area contributed by atoms with Gasteiger partial charge in [0, 0.05) is 6.20 Å². The number of nitrogen functional groups attached to an aromatic ring is 1. The van der Waals surface area contributed by atoms with Gasteiger partial charge in [-0.1, -0.05) is 13.3 Å². The number of aromatic nitrogens is 1. The Morgan fingerprint density at radius 1 is 1.44 bits per heavy atom. The Hall–Kier alpha value is -1.25. The van der Waals surface area contributed by atoms with Gasteiger partial charge in [0.25, 0.3) is 0 Å². The molecular formula is C13H20N2O. The molecule has 0 bridgehead atoms. The van der Waals surface area contributed by atoms with Crippen LogP contribution in [-0.4, -0.2) is 11.1 Å². The van der Waals surface area contributed by atoms with Crippen LogP contribution in [0.1, 0.15) is 38.2 Å². The monoisotopic (exact) mass is 220 g/mol. The lowest BCUT2D eigenvalue weighted by atomic mass is 9.89. The third kappa shape index (κ3) is 2.65.